The summed E-state index contributed by atoms with van der Waals surface area (Å²) in [7, 11) is 0. The first-order valence-corrected chi connectivity index (χ1v) is 6.61. The number of aliphatic carboxylic acids is 1. The summed E-state index contributed by atoms with van der Waals surface area (Å²) < 4.78 is 31.4. The predicted octanol–water partition coefficient (Wildman–Crippen LogP) is 1.78. The average molecular weight is 297 g/mol. The number of ether oxygens (including phenoxy) is 1. The third kappa shape index (κ3) is 2.37. The lowest BCUT2D eigenvalue weighted by Gasteiger charge is -2.23. The van der Waals surface area contributed by atoms with Crippen molar-refractivity contribution in [3.63, 3.8) is 0 Å². The number of anilines is 1. The molecule has 2 fully saturated rings. The molecular formula is C14H13F2NO4. The summed E-state index contributed by atoms with van der Waals surface area (Å²) in [6, 6.07) is 2.98. The number of amides is 1. The Hall–Kier alpha value is -2.02. The van der Waals surface area contributed by atoms with Gasteiger partial charge in [0.15, 0.2) is 11.6 Å². The maximum absolute atomic E-state index is 13.1. The molecule has 2 aliphatic heterocycles. The molecule has 0 saturated carbocycles. The second-order valence-electron chi connectivity index (χ2n) is 5.30. The van der Waals surface area contributed by atoms with Crippen molar-refractivity contribution in [2.24, 2.45) is 11.8 Å². The zero-order valence-corrected chi connectivity index (χ0v) is 10.9. The van der Waals surface area contributed by atoms with Gasteiger partial charge >= 0.3 is 5.97 Å². The Kier molecular flexibility index (Phi) is 3.36. The van der Waals surface area contributed by atoms with Crippen LogP contribution in [0, 0.1) is 23.5 Å². The molecule has 1 aromatic carbocycles. The van der Waals surface area contributed by atoms with E-state index in [1.54, 1.807) is 0 Å². The molecule has 0 aliphatic carbocycles. The van der Waals surface area contributed by atoms with Crippen LogP contribution >= 0.6 is 0 Å². The van der Waals surface area contributed by atoms with Gasteiger partial charge in [0, 0.05) is 11.8 Å². The van der Waals surface area contributed by atoms with Crippen LogP contribution in [0.2, 0.25) is 0 Å². The fourth-order valence-corrected chi connectivity index (χ4v) is 3.12. The zero-order valence-electron chi connectivity index (χ0n) is 10.9. The first-order valence-electron chi connectivity index (χ1n) is 6.61. The summed E-state index contributed by atoms with van der Waals surface area (Å²) in [5.41, 5.74) is 0.0887. The summed E-state index contributed by atoms with van der Waals surface area (Å²) >= 11 is 0. The Morgan fingerprint density at radius 1 is 1.14 bits per heavy atom. The molecule has 1 amide bonds. The minimum Gasteiger partial charge on any atom is -0.481 e. The van der Waals surface area contributed by atoms with Gasteiger partial charge in [-0.3, -0.25) is 9.59 Å². The van der Waals surface area contributed by atoms with E-state index in [-0.39, 0.29) is 5.69 Å². The Morgan fingerprint density at radius 2 is 1.81 bits per heavy atom. The summed E-state index contributed by atoms with van der Waals surface area (Å²) in [5, 5.41) is 11.7. The summed E-state index contributed by atoms with van der Waals surface area (Å²) in [6.07, 6.45) is 0.371. The van der Waals surface area contributed by atoms with E-state index in [0.29, 0.717) is 12.8 Å². The van der Waals surface area contributed by atoms with Gasteiger partial charge in [0.25, 0.3) is 0 Å². The third-order valence-electron chi connectivity index (χ3n) is 4.05. The van der Waals surface area contributed by atoms with Crippen molar-refractivity contribution < 1.29 is 28.2 Å². The van der Waals surface area contributed by atoms with E-state index < -0.39 is 47.6 Å². The number of carbonyl (C=O) groups is 2. The molecule has 7 heteroatoms. The van der Waals surface area contributed by atoms with Crippen molar-refractivity contribution in [2.75, 3.05) is 5.32 Å². The molecule has 2 bridgehead atoms. The van der Waals surface area contributed by atoms with Crippen LogP contribution in [0.25, 0.3) is 0 Å². The van der Waals surface area contributed by atoms with Gasteiger partial charge in [-0.2, -0.15) is 0 Å². The number of carboxylic acids is 1. The van der Waals surface area contributed by atoms with E-state index in [2.05, 4.69) is 5.32 Å². The second kappa shape index (κ2) is 5.07. The van der Waals surface area contributed by atoms with Gasteiger partial charge in [-0.05, 0) is 25.0 Å². The number of halogens is 2. The van der Waals surface area contributed by atoms with Gasteiger partial charge in [0.1, 0.15) is 0 Å². The number of hydrogen-bond donors (Lipinski definition) is 2. The van der Waals surface area contributed by atoms with E-state index in [9.17, 15) is 23.5 Å². The molecule has 5 nitrogen and oxygen atoms in total. The molecule has 2 N–H and O–H groups in total. The van der Waals surface area contributed by atoms with E-state index in [0.717, 1.165) is 12.1 Å². The first kappa shape index (κ1) is 13.9. The van der Waals surface area contributed by atoms with Gasteiger partial charge < -0.3 is 15.2 Å². The molecular weight excluding hydrogens is 284 g/mol. The van der Waals surface area contributed by atoms with E-state index in [4.69, 9.17) is 4.74 Å². The minimum absolute atomic E-state index is 0.0887. The largest absolute Gasteiger partial charge is 0.481 e. The number of nitrogens with one attached hydrogen (secondary N) is 1. The smallest absolute Gasteiger partial charge is 0.310 e. The maximum Gasteiger partial charge on any atom is 0.310 e. The molecule has 0 unspecified atom stereocenters. The molecule has 4 atom stereocenters. The Labute approximate surface area is 118 Å². The number of rotatable bonds is 3. The van der Waals surface area contributed by atoms with Crippen molar-refractivity contribution in [1.29, 1.82) is 0 Å². The molecule has 3 rings (SSSR count). The Bertz CT molecular complexity index is 607. The highest BCUT2D eigenvalue weighted by molar-refractivity contribution is 5.96. The third-order valence-corrected chi connectivity index (χ3v) is 4.05. The van der Waals surface area contributed by atoms with Crippen molar-refractivity contribution in [3.05, 3.63) is 29.8 Å². The van der Waals surface area contributed by atoms with Crippen LogP contribution in [0.1, 0.15) is 12.8 Å². The van der Waals surface area contributed by atoms with Gasteiger partial charge in [-0.1, -0.05) is 0 Å². The van der Waals surface area contributed by atoms with Crippen LogP contribution in [-0.2, 0) is 14.3 Å². The molecule has 0 aromatic heterocycles. The van der Waals surface area contributed by atoms with Crippen LogP contribution in [-0.4, -0.2) is 29.2 Å². The lowest BCUT2D eigenvalue weighted by molar-refractivity contribution is -0.147. The highest BCUT2D eigenvalue weighted by Gasteiger charge is 2.55. The van der Waals surface area contributed by atoms with Crippen LogP contribution in [0.3, 0.4) is 0 Å². The molecule has 0 radical (unpaired) electrons. The fraction of sp³-hybridized carbons (Fsp3) is 0.429. The van der Waals surface area contributed by atoms with Crippen LogP contribution in [0.4, 0.5) is 14.5 Å². The van der Waals surface area contributed by atoms with Crippen LogP contribution in [0.5, 0.6) is 0 Å². The molecule has 0 spiro atoms. The van der Waals surface area contributed by atoms with Gasteiger partial charge in [0.05, 0.1) is 24.0 Å². The topological polar surface area (TPSA) is 75.6 Å². The molecule has 112 valence electrons. The quantitative estimate of drug-likeness (QED) is 0.891. The van der Waals surface area contributed by atoms with Gasteiger partial charge in [0.2, 0.25) is 5.91 Å². The Morgan fingerprint density at radius 3 is 2.43 bits per heavy atom. The van der Waals surface area contributed by atoms with Crippen molar-refractivity contribution in [3.8, 4) is 0 Å². The number of fused-ring (bicyclic) bond motifs is 2. The van der Waals surface area contributed by atoms with Crippen molar-refractivity contribution >= 4 is 17.6 Å². The molecule has 2 heterocycles. The van der Waals surface area contributed by atoms with Crippen LogP contribution < -0.4 is 5.32 Å². The predicted molar refractivity (Wildman–Crippen MR) is 67.5 cm³/mol. The van der Waals surface area contributed by atoms with Gasteiger partial charge in [-0.25, -0.2) is 8.78 Å². The fourth-order valence-electron chi connectivity index (χ4n) is 3.12. The lowest BCUT2D eigenvalue weighted by atomic mass is 9.78. The van der Waals surface area contributed by atoms with E-state index >= 15 is 0 Å². The maximum atomic E-state index is 13.1. The SMILES string of the molecule is O=C(O)[C@@H]1[C@@H](C(=O)Nc2ccc(F)c(F)c2)[C@H]2CC[C@H]1O2. The highest BCUT2D eigenvalue weighted by Crippen LogP contribution is 2.44. The summed E-state index contributed by atoms with van der Waals surface area (Å²) in [5.74, 6) is -5.41. The number of benzene rings is 1. The van der Waals surface area contributed by atoms with Crippen LogP contribution in [0.15, 0.2) is 18.2 Å². The average Bonchev–Trinajstić information content (AvgIpc) is 3.03. The highest BCUT2D eigenvalue weighted by atomic mass is 19.2. The summed E-state index contributed by atoms with van der Waals surface area (Å²) in [6.45, 7) is 0. The molecule has 2 aliphatic rings. The minimum atomic E-state index is -1.08. The molecule has 1 aromatic rings. The molecule has 2 saturated heterocycles. The monoisotopic (exact) mass is 297 g/mol. The number of carbonyl (C=O) groups excluding carboxylic acids is 1. The second-order valence-corrected chi connectivity index (χ2v) is 5.30. The van der Waals surface area contributed by atoms with Crippen molar-refractivity contribution in [1.82, 2.24) is 0 Å². The summed E-state index contributed by atoms with van der Waals surface area (Å²) in [4.78, 5) is 23.5. The zero-order chi connectivity index (χ0) is 15.1. The van der Waals surface area contributed by atoms with E-state index in [1.807, 2.05) is 0 Å². The number of hydrogen-bond acceptors (Lipinski definition) is 3. The molecule has 21 heavy (non-hydrogen) atoms. The first-order chi connectivity index (χ1) is 9.97. The number of carboxylic acid groups (broad SMARTS) is 1. The van der Waals surface area contributed by atoms with Crippen molar-refractivity contribution in [2.45, 2.75) is 25.0 Å². The normalized spacial score (nSPS) is 30.4. The Balaban J connectivity index is 1.78. The van der Waals surface area contributed by atoms with Gasteiger partial charge in [-0.15, -0.1) is 0 Å². The lowest BCUT2D eigenvalue weighted by Crippen LogP contribution is -2.40. The standard InChI is InChI=1S/C14H13F2NO4/c15-7-2-1-6(5-8(7)16)17-13(18)11-9-3-4-10(21-9)12(11)14(19)20/h1-2,5,9-12H,3-4H2,(H,17,18)(H,19,20)/t9-,10-,11+,12+/m1/s1. The van der Waals surface area contributed by atoms with E-state index in [1.165, 1.54) is 6.07 Å².